The first-order chi connectivity index (χ1) is 15.9. The highest BCUT2D eigenvalue weighted by atomic mass is 19.4. The van der Waals surface area contributed by atoms with Crippen LogP contribution in [0, 0.1) is 5.92 Å². The molecule has 0 N–H and O–H groups in total. The fourth-order valence-electron chi connectivity index (χ4n) is 4.70. The standard InChI is InChI=1S/C24H21F3N4O2/c25-24(26,27)16-7-9-21(30-13-16)33-20-12-15-6-8-19(20)31(14-15)23(32)17-4-3-11-29-22(17)18-5-1-2-10-28-18/h1-5,7,9-11,13,15,19-20H,6,8,12,14H2/t15?,19-,20+/m0/s1. The molecule has 6 nitrogen and oxygen atoms in total. The number of ether oxygens (including phenoxy) is 1. The summed E-state index contributed by atoms with van der Waals surface area (Å²) in [5.74, 6) is 0.240. The Morgan fingerprint density at radius 1 is 1.00 bits per heavy atom. The van der Waals surface area contributed by atoms with Crippen LogP contribution >= 0.6 is 0 Å². The lowest BCUT2D eigenvalue weighted by atomic mass is 9.77. The molecule has 5 heterocycles. The summed E-state index contributed by atoms with van der Waals surface area (Å²) in [6.45, 7) is 0.611. The van der Waals surface area contributed by atoms with Crippen molar-refractivity contribution in [2.45, 2.75) is 37.6 Å². The summed E-state index contributed by atoms with van der Waals surface area (Å²) in [5.41, 5.74) is 0.780. The maximum Gasteiger partial charge on any atom is 0.417 e. The molecule has 2 aliphatic heterocycles. The number of halogens is 3. The minimum absolute atomic E-state index is 0.128. The second kappa shape index (κ2) is 8.46. The molecule has 2 bridgehead atoms. The van der Waals surface area contributed by atoms with E-state index in [1.165, 1.54) is 6.07 Å². The Labute approximate surface area is 188 Å². The normalized spacial score (nSPS) is 22.3. The van der Waals surface area contributed by atoms with Gasteiger partial charge in [0.15, 0.2) is 0 Å². The number of hydrogen-bond acceptors (Lipinski definition) is 5. The molecule has 1 unspecified atom stereocenters. The van der Waals surface area contributed by atoms with E-state index < -0.39 is 11.7 Å². The Kier molecular flexibility index (Phi) is 5.47. The summed E-state index contributed by atoms with van der Waals surface area (Å²) in [6, 6.07) is 10.9. The molecule has 0 aromatic carbocycles. The molecule has 3 atom stereocenters. The lowest BCUT2D eigenvalue weighted by molar-refractivity contribution is -0.137. The van der Waals surface area contributed by atoms with E-state index in [1.807, 2.05) is 17.0 Å². The van der Waals surface area contributed by atoms with Crippen LogP contribution in [0.1, 0.15) is 35.2 Å². The number of alkyl halides is 3. The lowest BCUT2D eigenvalue weighted by Gasteiger charge is -2.49. The highest BCUT2D eigenvalue weighted by Gasteiger charge is 2.45. The van der Waals surface area contributed by atoms with Gasteiger partial charge >= 0.3 is 6.18 Å². The molecule has 1 amide bonds. The number of amides is 1. The van der Waals surface area contributed by atoms with E-state index in [4.69, 9.17) is 4.74 Å². The van der Waals surface area contributed by atoms with Crippen molar-refractivity contribution in [3.05, 3.63) is 72.2 Å². The van der Waals surface area contributed by atoms with Gasteiger partial charge in [-0.2, -0.15) is 13.2 Å². The largest absolute Gasteiger partial charge is 0.472 e. The van der Waals surface area contributed by atoms with Crippen molar-refractivity contribution in [1.29, 1.82) is 0 Å². The average molecular weight is 454 g/mol. The number of hydrogen-bond donors (Lipinski definition) is 0. The first kappa shape index (κ1) is 21.4. The highest BCUT2D eigenvalue weighted by Crippen LogP contribution is 2.39. The Morgan fingerprint density at radius 3 is 2.55 bits per heavy atom. The van der Waals surface area contributed by atoms with Gasteiger partial charge in [0.2, 0.25) is 5.88 Å². The minimum Gasteiger partial charge on any atom is -0.472 e. The van der Waals surface area contributed by atoms with Crippen LogP contribution in [-0.2, 0) is 6.18 Å². The van der Waals surface area contributed by atoms with E-state index in [0.717, 1.165) is 31.5 Å². The number of nitrogens with zero attached hydrogens (tertiary/aromatic N) is 4. The average Bonchev–Trinajstić information content (AvgIpc) is 2.84. The van der Waals surface area contributed by atoms with Gasteiger partial charge in [0.1, 0.15) is 11.8 Å². The maximum atomic E-state index is 13.6. The van der Waals surface area contributed by atoms with Crippen molar-refractivity contribution >= 4 is 5.91 Å². The summed E-state index contributed by atoms with van der Waals surface area (Å²) < 4.78 is 44.5. The van der Waals surface area contributed by atoms with Gasteiger partial charge in [-0.25, -0.2) is 4.98 Å². The van der Waals surface area contributed by atoms with E-state index in [9.17, 15) is 18.0 Å². The molecule has 3 aromatic heterocycles. The fourth-order valence-corrected chi connectivity index (χ4v) is 4.70. The number of carbonyl (C=O) groups excluding carboxylic acids is 1. The van der Waals surface area contributed by atoms with Crippen LogP contribution in [-0.4, -0.2) is 44.4 Å². The molecule has 3 fully saturated rings. The second-order valence-corrected chi connectivity index (χ2v) is 8.36. The second-order valence-electron chi connectivity index (χ2n) is 8.36. The third-order valence-electron chi connectivity index (χ3n) is 6.26. The van der Waals surface area contributed by atoms with E-state index in [1.54, 1.807) is 30.6 Å². The van der Waals surface area contributed by atoms with Gasteiger partial charge in [-0.05, 0) is 55.5 Å². The van der Waals surface area contributed by atoms with Crippen LogP contribution in [0.25, 0.3) is 11.4 Å². The van der Waals surface area contributed by atoms with Crippen molar-refractivity contribution in [3.63, 3.8) is 0 Å². The van der Waals surface area contributed by atoms with Crippen LogP contribution in [0.3, 0.4) is 0 Å². The fraction of sp³-hybridized carbons (Fsp3) is 0.333. The first-order valence-corrected chi connectivity index (χ1v) is 10.8. The monoisotopic (exact) mass is 454 g/mol. The van der Waals surface area contributed by atoms with E-state index >= 15 is 0 Å². The van der Waals surface area contributed by atoms with Crippen molar-refractivity contribution < 1.29 is 22.7 Å². The van der Waals surface area contributed by atoms with Gasteiger partial charge in [0, 0.05) is 31.2 Å². The molecule has 33 heavy (non-hydrogen) atoms. The van der Waals surface area contributed by atoms with Crippen LogP contribution in [0.5, 0.6) is 5.88 Å². The van der Waals surface area contributed by atoms with Crippen molar-refractivity contribution in [2.24, 2.45) is 5.92 Å². The van der Waals surface area contributed by atoms with Crippen molar-refractivity contribution in [3.8, 4) is 17.3 Å². The summed E-state index contributed by atoms with van der Waals surface area (Å²) in [4.78, 5) is 28.0. The van der Waals surface area contributed by atoms with Gasteiger partial charge in [-0.3, -0.25) is 14.8 Å². The Bertz CT molecular complexity index is 1140. The SMILES string of the molecule is O=C(c1cccnc1-c1ccccn1)N1CC2CC[C@H]1[C@H](Oc1ccc(C(F)(F)F)cn1)C2. The zero-order valence-electron chi connectivity index (χ0n) is 17.6. The van der Waals surface area contributed by atoms with Crippen LogP contribution in [0.4, 0.5) is 13.2 Å². The molecular weight excluding hydrogens is 433 g/mol. The van der Waals surface area contributed by atoms with E-state index in [0.29, 0.717) is 23.5 Å². The lowest BCUT2D eigenvalue weighted by Crippen LogP contribution is -2.59. The topological polar surface area (TPSA) is 68.2 Å². The molecule has 2 saturated heterocycles. The zero-order chi connectivity index (χ0) is 23.0. The van der Waals surface area contributed by atoms with E-state index in [-0.39, 0.29) is 29.9 Å². The number of rotatable bonds is 4. The van der Waals surface area contributed by atoms with Crippen LogP contribution < -0.4 is 4.74 Å². The number of piperidine rings is 2. The molecule has 1 saturated carbocycles. The Hall–Kier alpha value is -3.49. The molecule has 0 radical (unpaired) electrons. The molecule has 0 spiro atoms. The molecule has 170 valence electrons. The van der Waals surface area contributed by atoms with Gasteiger partial charge in [-0.1, -0.05) is 6.07 Å². The van der Waals surface area contributed by atoms with Gasteiger partial charge < -0.3 is 9.64 Å². The highest BCUT2D eigenvalue weighted by molar-refractivity contribution is 5.99. The summed E-state index contributed by atoms with van der Waals surface area (Å²) in [5, 5.41) is 0. The number of carbonyl (C=O) groups is 1. The summed E-state index contributed by atoms with van der Waals surface area (Å²) >= 11 is 0. The first-order valence-electron chi connectivity index (χ1n) is 10.8. The van der Waals surface area contributed by atoms with E-state index in [2.05, 4.69) is 15.0 Å². The number of pyridine rings is 3. The number of aromatic nitrogens is 3. The van der Waals surface area contributed by atoms with Crippen LogP contribution in [0.2, 0.25) is 0 Å². The quantitative estimate of drug-likeness (QED) is 0.575. The van der Waals surface area contributed by atoms with Gasteiger partial charge in [0.05, 0.1) is 22.9 Å². The van der Waals surface area contributed by atoms with Crippen LogP contribution in [0.15, 0.2) is 61.1 Å². The van der Waals surface area contributed by atoms with Crippen molar-refractivity contribution in [2.75, 3.05) is 6.54 Å². The van der Waals surface area contributed by atoms with Crippen molar-refractivity contribution in [1.82, 2.24) is 19.9 Å². The summed E-state index contributed by atoms with van der Waals surface area (Å²) in [7, 11) is 0. The Balaban J connectivity index is 1.38. The molecule has 3 aliphatic rings. The molecule has 1 aliphatic carbocycles. The number of fused-ring (bicyclic) bond motifs is 3. The molecular formula is C24H21F3N4O2. The molecule has 6 rings (SSSR count). The van der Waals surface area contributed by atoms with Gasteiger partial charge in [-0.15, -0.1) is 0 Å². The molecule has 9 heteroatoms. The predicted octanol–water partition coefficient (Wildman–Crippen LogP) is 4.63. The zero-order valence-corrected chi connectivity index (χ0v) is 17.6. The minimum atomic E-state index is -4.45. The molecule has 3 aromatic rings. The summed E-state index contributed by atoms with van der Waals surface area (Å²) in [6.07, 6.45) is 1.75. The third kappa shape index (κ3) is 4.27. The third-order valence-corrected chi connectivity index (χ3v) is 6.26. The predicted molar refractivity (Wildman–Crippen MR) is 113 cm³/mol. The maximum absolute atomic E-state index is 13.6. The Morgan fingerprint density at radius 2 is 1.85 bits per heavy atom. The van der Waals surface area contributed by atoms with Gasteiger partial charge in [0.25, 0.3) is 5.91 Å². The smallest absolute Gasteiger partial charge is 0.417 e.